The lowest BCUT2D eigenvalue weighted by Gasteiger charge is -2.32. The van der Waals surface area contributed by atoms with E-state index in [1.807, 2.05) is 0 Å². The number of nitrogens with two attached hydrogens (primary N) is 1. The van der Waals surface area contributed by atoms with Crippen molar-refractivity contribution in [2.24, 2.45) is 29.4 Å². The Morgan fingerprint density at radius 2 is 1.49 bits per heavy atom. The van der Waals surface area contributed by atoms with E-state index in [-0.39, 0.29) is 47.5 Å². The Kier molecular flexibility index (Phi) is 31.9. The maximum absolute atomic E-state index is 15.3. The SMILES string of the molecule is CC[C@H](C)[C@@H]1CC(=O)CNC(=O)[C@H]2CC(=O)[C@H]([C@@H](C)[C@@H](O)CO)NC(=O)[C@@H]3C[C@@H](O)CN3C(=O)[C@H](CC(N)=O)NC(=O)[C@H](CS(=O)c3[nH]c4c(CSCCCCNC(=O)CCOCCOCCOCCOCCC(C)=O)c(OC)ccc4c3C2)NC(=O)CNC1=O. The number of ketones is 3. The minimum atomic E-state index is -2.41. The van der Waals surface area contributed by atoms with E-state index in [0.717, 1.165) is 4.90 Å². The number of aliphatic hydroxyl groups excluding tert-OH is 3. The molecule has 12 N–H and O–H groups in total. The number of fused-ring (bicyclic) bond motifs is 5. The second-order valence-electron chi connectivity index (χ2n) is 23.0. The number of rotatable bonds is 30. The number of aliphatic hydroxyl groups is 3. The van der Waals surface area contributed by atoms with Crippen LogP contribution < -0.4 is 42.4 Å². The molecule has 508 valence electrons. The number of aromatic amines is 1. The Labute approximate surface area is 535 Å². The molecule has 91 heavy (non-hydrogen) atoms. The molecule has 1 saturated heterocycles. The molecule has 8 amide bonds. The molecule has 0 spiro atoms. The molecule has 1 aromatic heterocycles. The third kappa shape index (κ3) is 23.6. The molecule has 3 aliphatic heterocycles. The van der Waals surface area contributed by atoms with E-state index in [0.29, 0.717) is 106 Å². The zero-order chi connectivity index (χ0) is 66.7. The van der Waals surface area contributed by atoms with Crippen LogP contribution in [0.3, 0.4) is 0 Å². The Hall–Kier alpha value is -6.45. The first-order valence-electron chi connectivity index (χ1n) is 30.8. The van der Waals surface area contributed by atoms with Crippen LogP contribution in [0.4, 0.5) is 0 Å². The Balaban J connectivity index is 1.45. The highest BCUT2D eigenvalue weighted by Crippen LogP contribution is 2.37. The van der Waals surface area contributed by atoms with Gasteiger partial charge in [-0.3, -0.25) is 56.9 Å². The second-order valence-corrected chi connectivity index (χ2v) is 25.5. The number of methoxy groups -OCH3 is 1. The summed E-state index contributed by atoms with van der Waals surface area (Å²) in [5, 5.41) is 47.8. The number of H-pyrrole nitrogens is 1. The van der Waals surface area contributed by atoms with E-state index in [4.69, 9.17) is 29.4 Å². The van der Waals surface area contributed by atoms with Gasteiger partial charge in [0.25, 0.3) is 0 Å². The van der Waals surface area contributed by atoms with Crippen molar-refractivity contribution < 1.29 is 96.0 Å². The molecule has 0 aliphatic carbocycles. The number of primary amides is 1. The highest BCUT2D eigenvalue weighted by molar-refractivity contribution is 7.98. The topological polar surface area (TPSA) is 429 Å². The molecular formula is C60H91N9O20S2. The van der Waals surface area contributed by atoms with Gasteiger partial charge in [-0.2, -0.15) is 11.8 Å². The summed E-state index contributed by atoms with van der Waals surface area (Å²) >= 11 is 1.51. The summed E-state index contributed by atoms with van der Waals surface area (Å²) in [4.78, 5) is 155. The largest absolute Gasteiger partial charge is 0.496 e. The van der Waals surface area contributed by atoms with Gasteiger partial charge in [-0.25, -0.2) is 0 Å². The third-order valence-corrected chi connectivity index (χ3v) is 18.6. The van der Waals surface area contributed by atoms with Crippen molar-refractivity contribution in [1.29, 1.82) is 0 Å². The van der Waals surface area contributed by atoms with Gasteiger partial charge in [0.15, 0.2) is 11.6 Å². The van der Waals surface area contributed by atoms with Crippen LogP contribution in [0.5, 0.6) is 5.75 Å². The van der Waals surface area contributed by atoms with Crippen molar-refractivity contribution in [2.45, 2.75) is 139 Å². The molecule has 31 heteroatoms. The van der Waals surface area contributed by atoms with Gasteiger partial charge in [0.05, 0.1) is 126 Å². The van der Waals surface area contributed by atoms with E-state index in [1.54, 1.807) is 26.0 Å². The molecule has 4 heterocycles. The van der Waals surface area contributed by atoms with Crippen molar-refractivity contribution in [3.8, 4) is 5.75 Å². The minimum absolute atomic E-state index is 0.0640. The van der Waals surface area contributed by atoms with E-state index >= 15 is 4.21 Å². The maximum atomic E-state index is 15.3. The predicted molar refractivity (Wildman–Crippen MR) is 331 cm³/mol. The first-order valence-corrected chi connectivity index (χ1v) is 33.2. The molecule has 1 fully saturated rings. The molecule has 11 atom stereocenters. The average Bonchev–Trinajstić information content (AvgIpc) is 1.64. The highest BCUT2D eigenvalue weighted by atomic mass is 32.2. The second kappa shape index (κ2) is 38.5. The number of unbranched alkanes of at least 4 members (excludes halogenated alkanes) is 1. The van der Waals surface area contributed by atoms with Crippen molar-refractivity contribution in [3.63, 3.8) is 0 Å². The molecule has 0 radical (unpaired) electrons. The minimum Gasteiger partial charge on any atom is -0.496 e. The number of amides is 8. The molecule has 1 aromatic carbocycles. The zero-order valence-electron chi connectivity index (χ0n) is 52.4. The lowest BCUT2D eigenvalue weighted by atomic mass is 9.85. The molecule has 2 aromatic rings. The van der Waals surface area contributed by atoms with Crippen LogP contribution in [0.1, 0.15) is 96.6 Å². The monoisotopic (exact) mass is 1320 g/mol. The van der Waals surface area contributed by atoms with E-state index in [9.17, 15) is 68.1 Å². The standard InChI is InChI=1S/C60H91N9O20S2/c1-6-34(2)41-25-38(72)28-63-55(79)37-23-42-40-9-10-49(85-5)43(32-90-22-8-7-13-62-51(77)12-15-87-17-19-89-21-20-88-18-16-86-14-11-35(3)71)54(40)68-59(42)91(84)33-45(65-52(78)29-64-56(41)80)57(81)66-44(27-50(61)76)60(83)69-30-39(73)26-46(69)58(82)67-53(47(74)24-37)36(4)48(75)31-70/h9-10,34,36-37,39,41,44-46,48,53,68,70,73,75H,6-8,11-33H2,1-5H3,(H2,61,76)(H,62,77)(H,63,79)(H,64,80)(H,65,78)(H,66,81)(H,67,82)/t34-,36-,37+,39+,41-,44-,45-,46-,48-,53-,91?/m0/s1. The summed E-state index contributed by atoms with van der Waals surface area (Å²) in [5.74, 6) is -12.1. The zero-order valence-corrected chi connectivity index (χ0v) is 54.1. The summed E-state index contributed by atoms with van der Waals surface area (Å²) in [5.41, 5.74) is 6.75. The Morgan fingerprint density at radius 3 is 2.13 bits per heavy atom. The van der Waals surface area contributed by atoms with Gasteiger partial charge in [0.2, 0.25) is 47.3 Å². The van der Waals surface area contributed by atoms with Crippen molar-refractivity contribution >= 4 is 98.1 Å². The van der Waals surface area contributed by atoms with Crippen LogP contribution in [0.15, 0.2) is 17.2 Å². The fourth-order valence-electron chi connectivity index (χ4n) is 10.7. The molecule has 3 aliphatic rings. The Bertz CT molecular complexity index is 2880. The smallest absolute Gasteiger partial charge is 0.246 e. The first-order chi connectivity index (χ1) is 43.5. The van der Waals surface area contributed by atoms with Crippen LogP contribution in [-0.4, -0.2) is 235 Å². The number of hydrogen-bond donors (Lipinski definition) is 11. The number of hydrogen-bond acceptors (Lipinski definition) is 21. The number of thioether (sulfide) groups is 1. The van der Waals surface area contributed by atoms with E-state index < -0.39 is 181 Å². The van der Waals surface area contributed by atoms with Gasteiger partial charge in [-0.05, 0) is 55.6 Å². The van der Waals surface area contributed by atoms with Crippen LogP contribution in [0.2, 0.25) is 0 Å². The summed E-state index contributed by atoms with van der Waals surface area (Å²) in [6, 6.07) is -3.64. The fraction of sp³-hybridized carbons (Fsp3) is 0.683. The quantitative estimate of drug-likeness (QED) is 0.0382. The first kappa shape index (κ1) is 75.3. The van der Waals surface area contributed by atoms with Gasteiger partial charge in [0.1, 0.15) is 34.7 Å². The van der Waals surface area contributed by atoms with Crippen molar-refractivity contribution in [3.05, 3.63) is 23.3 Å². The number of ether oxygens (including phenoxy) is 5. The maximum Gasteiger partial charge on any atom is 0.246 e. The van der Waals surface area contributed by atoms with Gasteiger partial charge in [0, 0.05) is 79.6 Å². The summed E-state index contributed by atoms with van der Waals surface area (Å²) in [6.07, 6.45) is -3.54. The normalized spacial score (nSPS) is 23.6. The van der Waals surface area contributed by atoms with Crippen LogP contribution in [0.25, 0.3) is 10.9 Å². The highest BCUT2D eigenvalue weighted by Gasteiger charge is 2.45. The van der Waals surface area contributed by atoms with Crippen LogP contribution >= 0.6 is 11.8 Å². The van der Waals surface area contributed by atoms with Crippen molar-refractivity contribution in [1.82, 2.24) is 41.8 Å². The molecule has 29 nitrogen and oxygen atoms in total. The molecule has 1 unspecified atom stereocenters. The Morgan fingerprint density at radius 1 is 0.835 bits per heavy atom. The third-order valence-electron chi connectivity index (χ3n) is 16.1. The van der Waals surface area contributed by atoms with Crippen LogP contribution in [-0.2, 0) is 94.7 Å². The van der Waals surface area contributed by atoms with Gasteiger partial charge >= 0.3 is 0 Å². The van der Waals surface area contributed by atoms with Crippen molar-refractivity contribution in [2.75, 3.05) is 104 Å². The van der Waals surface area contributed by atoms with Gasteiger partial charge in [-0.1, -0.05) is 27.2 Å². The summed E-state index contributed by atoms with van der Waals surface area (Å²) in [7, 11) is -0.956. The van der Waals surface area contributed by atoms with E-state index in [2.05, 4.69) is 36.9 Å². The number of Topliss-reactive ketones (excluding diaryl/α,β-unsaturated/α-hetero) is 3. The number of aromatic nitrogens is 1. The predicted octanol–water partition coefficient (Wildman–Crippen LogP) is -1.87. The van der Waals surface area contributed by atoms with E-state index in [1.165, 1.54) is 32.7 Å². The van der Waals surface area contributed by atoms with Gasteiger partial charge in [-0.15, -0.1) is 0 Å². The summed E-state index contributed by atoms with van der Waals surface area (Å²) in [6.45, 7) is 6.70. The number of nitrogens with one attached hydrogen (secondary N) is 7. The molecule has 5 rings (SSSR count). The molecular weight excluding hydrogens is 1230 g/mol. The van der Waals surface area contributed by atoms with Crippen LogP contribution in [0, 0.1) is 23.7 Å². The number of carbonyl (C=O) groups excluding carboxylic acids is 11. The number of nitrogens with zero attached hydrogens (tertiary/aromatic N) is 1. The van der Waals surface area contributed by atoms with Gasteiger partial charge < -0.3 is 86.5 Å². The fourth-order valence-corrected chi connectivity index (χ4v) is 13.1. The number of benzene rings is 1. The average molecular weight is 1320 g/mol. The lowest BCUT2D eigenvalue weighted by molar-refractivity contribution is -0.144. The molecule has 0 saturated carbocycles. The lowest BCUT2D eigenvalue weighted by Crippen LogP contribution is -2.60. The molecule has 2 bridgehead atoms. The summed E-state index contributed by atoms with van der Waals surface area (Å²) < 4.78 is 42.9. The number of carbonyl (C=O) groups is 11.